The van der Waals surface area contributed by atoms with Crippen molar-refractivity contribution < 1.29 is 0 Å². The standard InChI is InChI=1S/C8H9NS/c1-3-7(9)8-4-6(2)5-10-8/h1,4-5,7H,9H2,2H3. The minimum Gasteiger partial charge on any atom is -0.313 e. The lowest BCUT2D eigenvalue weighted by atomic mass is 10.2. The SMILES string of the molecule is C#CC(N)c1cc(C)cs1. The average molecular weight is 151 g/mol. The second-order valence-corrected chi connectivity index (χ2v) is 3.11. The summed E-state index contributed by atoms with van der Waals surface area (Å²) < 4.78 is 0. The molecule has 2 N–H and O–H groups in total. The number of hydrogen-bond acceptors (Lipinski definition) is 2. The van der Waals surface area contributed by atoms with Crippen LogP contribution in [0.5, 0.6) is 0 Å². The van der Waals surface area contributed by atoms with Gasteiger partial charge in [0.2, 0.25) is 0 Å². The van der Waals surface area contributed by atoms with Crippen LogP contribution in [0.3, 0.4) is 0 Å². The van der Waals surface area contributed by atoms with Gasteiger partial charge in [0.05, 0.1) is 0 Å². The van der Waals surface area contributed by atoms with Gasteiger partial charge >= 0.3 is 0 Å². The molecule has 0 aliphatic carbocycles. The van der Waals surface area contributed by atoms with E-state index in [0.29, 0.717) is 0 Å². The van der Waals surface area contributed by atoms with Gasteiger partial charge < -0.3 is 5.73 Å². The minimum atomic E-state index is -0.223. The molecule has 1 aromatic rings. The van der Waals surface area contributed by atoms with E-state index in [4.69, 9.17) is 12.2 Å². The first kappa shape index (κ1) is 7.33. The molecule has 0 fully saturated rings. The molecule has 0 amide bonds. The summed E-state index contributed by atoms with van der Waals surface area (Å²) in [5, 5.41) is 2.05. The molecular formula is C8H9NS. The van der Waals surface area contributed by atoms with Gasteiger partial charge in [0.15, 0.2) is 0 Å². The van der Waals surface area contributed by atoms with E-state index < -0.39 is 0 Å². The molecule has 0 spiro atoms. The van der Waals surface area contributed by atoms with Crippen molar-refractivity contribution in [3.05, 3.63) is 21.9 Å². The van der Waals surface area contributed by atoms with E-state index in [9.17, 15) is 0 Å². The topological polar surface area (TPSA) is 26.0 Å². The largest absolute Gasteiger partial charge is 0.313 e. The summed E-state index contributed by atoms with van der Waals surface area (Å²) in [6, 6.07) is 1.80. The van der Waals surface area contributed by atoms with Crippen molar-refractivity contribution in [2.45, 2.75) is 13.0 Å². The Labute approximate surface area is 64.9 Å². The number of rotatable bonds is 1. The molecule has 0 aliphatic heterocycles. The van der Waals surface area contributed by atoms with Crippen molar-refractivity contribution in [3.8, 4) is 12.3 Å². The van der Waals surface area contributed by atoms with Crippen LogP contribution in [0.1, 0.15) is 16.5 Å². The zero-order valence-corrected chi connectivity index (χ0v) is 6.61. The molecule has 52 valence electrons. The van der Waals surface area contributed by atoms with Gasteiger partial charge in [0.25, 0.3) is 0 Å². The van der Waals surface area contributed by atoms with E-state index in [1.54, 1.807) is 11.3 Å². The third-order valence-electron chi connectivity index (χ3n) is 1.24. The quantitative estimate of drug-likeness (QED) is 0.607. The predicted octanol–water partition coefficient (Wildman–Crippen LogP) is 1.69. The fourth-order valence-electron chi connectivity index (χ4n) is 0.699. The average Bonchev–Trinajstić information content (AvgIpc) is 2.34. The molecule has 1 nitrogen and oxygen atoms in total. The molecule has 1 aromatic heterocycles. The minimum absolute atomic E-state index is 0.223. The molecule has 0 aromatic carbocycles. The van der Waals surface area contributed by atoms with Crippen LogP contribution in [-0.2, 0) is 0 Å². The van der Waals surface area contributed by atoms with Crippen LogP contribution in [0.25, 0.3) is 0 Å². The Morgan fingerprint density at radius 3 is 2.90 bits per heavy atom. The molecule has 0 aliphatic rings. The molecule has 1 heterocycles. The van der Waals surface area contributed by atoms with Gasteiger partial charge in [0, 0.05) is 4.88 Å². The molecule has 0 saturated heterocycles. The fraction of sp³-hybridized carbons (Fsp3) is 0.250. The van der Waals surface area contributed by atoms with E-state index in [1.165, 1.54) is 5.56 Å². The maximum absolute atomic E-state index is 5.58. The van der Waals surface area contributed by atoms with Crippen molar-refractivity contribution in [3.63, 3.8) is 0 Å². The number of hydrogen-bond donors (Lipinski definition) is 1. The summed E-state index contributed by atoms with van der Waals surface area (Å²) >= 11 is 1.61. The van der Waals surface area contributed by atoms with Gasteiger partial charge in [-0.1, -0.05) is 5.92 Å². The highest BCUT2D eigenvalue weighted by atomic mass is 32.1. The van der Waals surface area contributed by atoms with E-state index in [1.807, 2.05) is 18.4 Å². The Hall–Kier alpha value is -0.780. The van der Waals surface area contributed by atoms with E-state index in [2.05, 4.69) is 5.92 Å². The lowest BCUT2D eigenvalue weighted by Gasteiger charge is -1.96. The van der Waals surface area contributed by atoms with Crippen molar-refractivity contribution in [2.75, 3.05) is 0 Å². The molecule has 0 saturated carbocycles. The first-order valence-corrected chi connectivity index (χ1v) is 3.88. The Balaban J connectivity index is 2.87. The van der Waals surface area contributed by atoms with Crippen LogP contribution < -0.4 is 5.73 Å². The highest BCUT2D eigenvalue weighted by Gasteiger charge is 2.02. The second-order valence-electron chi connectivity index (χ2n) is 2.17. The van der Waals surface area contributed by atoms with Crippen LogP contribution in [-0.4, -0.2) is 0 Å². The Morgan fingerprint density at radius 2 is 2.50 bits per heavy atom. The van der Waals surface area contributed by atoms with Crippen molar-refractivity contribution >= 4 is 11.3 Å². The van der Waals surface area contributed by atoms with Gasteiger partial charge in [-0.2, -0.15) is 0 Å². The summed E-state index contributed by atoms with van der Waals surface area (Å²) in [5.74, 6) is 2.48. The first-order valence-electron chi connectivity index (χ1n) is 3.01. The highest BCUT2D eigenvalue weighted by molar-refractivity contribution is 7.10. The monoisotopic (exact) mass is 151 g/mol. The van der Waals surface area contributed by atoms with E-state index >= 15 is 0 Å². The molecular weight excluding hydrogens is 142 g/mol. The van der Waals surface area contributed by atoms with Crippen molar-refractivity contribution in [2.24, 2.45) is 5.73 Å². The van der Waals surface area contributed by atoms with Crippen molar-refractivity contribution in [1.29, 1.82) is 0 Å². The smallest absolute Gasteiger partial charge is 0.101 e. The van der Waals surface area contributed by atoms with Crippen LogP contribution in [0.15, 0.2) is 11.4 Å². The van der Waals surface area contributed by atoms with Gasteiger partial charge in [-0.3, -0.25) is 0 Å². The summed E-state index contributed by atoms with van der Waals surface area (Å²) in [6.45, 7) is 2.03. The van der Waals surface area contributed by atoms with Crippen molar-refractivity contribution in [1.82, 2.24) is 0 Å². The highest BCUT2D eigenvalue weighted by Crippen LogP contribution is 2.18. The Morgan fingerprint density at radius 1 is 1.80 bits per heavy atom. The van der Waals surface area contributed by atoms with Crippen LogP contribution in [0.2, 0.25) is 0 Å². The fourth-order valence-corrected chi connectivity index (χ4v) is 1.56. The zero-order valence-electron chi connectivity index (χ0n) is 5.79. The Bertz CT molecular complexity index is 256. The van der Waals surface area contributed by atoms with Gasteiger partial charge in [-0.15, -0.1) is 17.8 Å². The normalized spacial score (nSPS) is 12.5. The summed E-state index contributed by atoms with van der Waals surface area (Å²) in [7, 11) is 0. The van der Waals surface area contributed by atoms with Gasteiger partial charge in [-0.25, -0.2) is 0 Å². The second kappa shape index (κ2) is 2.87. The molecule has 1 atom stereocenters. The van der Waals surface area contributed by atoms with Crippen LogP contribution in [0.4, 0.5) is 0 Å². The molecule has 0 radical (unpaired) electrons. The summed E-state index contributed by atoms with van der Waals surface area (Å²) in [4.78, 5) is 1.07. The van der Waals surface area contributed by atoms with Crippen LogP contribution >= 0.6 is 11.3 Å². The Kier molecular flexibility index (Phi) is 2.10. The van der Waals surface area contributed by atoms with E-state index in [-0.39, 0.29) is 6.04 Å². The molecule has 1 unspecified atom stereocenters. The third kappa shape index (κ3) is 1.38. The summed E-state index contributed by atoms with van der Waals surface area (Å²) in [6.07, 6.45) is 5.14. The molecule has 0 bridgehead atoms. The lowest BCUT2D eigenvalue weighted by molar-refractivity contribution is 0.973. The molecule has 1 rings (SSSR count). The number of nitrogens with two attached hydrogens (primary N) is 1. The number of thiophene rings is 1. The maximum Gasteiger partial charge on any atom is 0.101 e. The summed E-state index contributed by atoms with van der Waals surface area (Å²) in [5.41, 5.74) is 6.81. The maximum atomic E-state index is 5.58. The van der Waals surface area contributed by atoms with E-state index in [0.717, 1.165) is 4.88 Å². The lowest BCUT2D eigenvalue weighted by Crippen LogP contribution is -2.04. The first-order chi connectivity index (χ1) is 4.74. The zero-order chi connectivity index (χ0) is 7.56. The third-order valence-corrected chi connectivity index (χ3v) is 2.37. The number of aryl methyl sites for hydroxylation is 1. The van der Waals surface area contributed by atoms with Gasteiger partial charge in [0.1, 0.15) is 6.04 Å². The number of terminal acetylenes is 1. The predicted molar refractivity (Wildman–Crippen MR) is 44.8 cm³/mol. The van der Waals surface area contributed by atoms with Crippen LogP contribution in [0, 0.1) is 19.3 Å². The molecule has 10 heavy (non-hydrogen) atoms. The van der Waals surface area contributed by atoms with Gasteiger partial charge in [-0.05, 0) is 23.9 Å². The molecule has 2 heteroatoms.